The molecule has 0 aliphatic heterocycles. The van der Waals surface area contributed by atoms with Gasteiger partial charge in [0, 0.05) is 0 Å². The van der Waals surface area contributed by atoms with Crippen LogP contribution < -0.4 is 4.74 Å². The van der Waals surface area contributed by atoms with Gasteiger partial charge in [-0.2, -0.15) is 8.78 Å². The largest absolute Gasteiger partial charge is 0.416 e. The van der Waals surface area contributed by atoms with E-state index in [2.05, 4.69) is 11.7 Å². The quantitative estimate of drug-likeness (QED) is 0.180. The lowest BCUT2D eigenvalue weighted by Crippen LogP contribution is -2.15. The van der Waals surface area contributed by atoms with E-state index < -0.39 is 40.8 Å². The van der Waals surface area contributed by atoms with Crippen LogP contribution in [0.25, 0.3) is 0 Å². The fourth-order valence-electron chi connectivity index (χ4n) is 3.91. The maximum atomic E-state index is 13.7. The van der Waals surface area contributed by atoms with Crippen molar-refractivity contribution in [1.82, 2.24) is 0 Å². The Morgan fingerprint density at radius 3 is 1.90 bits per heavy atom. The Kier molecular flexibility index (Phi) is 6.55. The molecule has 1 aliphatic rings. The lowest BCUT2D eigenvalue weighted by molar-refractivity contribution is 0.0716. The van der Waals surface area contributed by atoms with Gasteiger partial charge >= 0.3 is 5.97 Å². The second-order valence-corrected chi connectivity index (χ2v) is 7.42. The summed E-state index contributed by atoms with van der Waals surface area (Å²) >= 11 is 0. The topological polar surface area (TPSA) is 26.3 Å². The van der Waals surface area contributed by atoms with E-state index in [0.717, 1.165) is 37.2 Å². The maximum Gasteiger partial charge on any atom is 0.343 e. The van der Waals surface area contributed by atoms with Crippen LogP contribution in [-0.2, 0) is 0 Å². The minimum Gasteiger partial charge on any atom is -0.416 e. The van der Waals surface area contributed by atoms with Crippen LogP contribution in [-0.4, -0.2) is 5.97 Å². The smallest absolute Gasteiger partial charge is 0.343 e. The first-order valence-electron chi connectivity index (χ1n) is 9.67. The van der Waals surface area contributed by atoms with Crippen molar-refractivity contribution in [2.75, 3.05) is 0 Å². The van der Waals surface area contributed by atoms with Gasteiger partial charge in [0.2, 0.25) is 34.8 Å². The number of esters is 1. The summed E-state index contributed by atoms with van der Waals surface area (Å²) in [6, 6.07) is 6.34. The fraction of sp³-hybridized carbons (Fsp3) is 0.409. The Balaban J connectivity index is 1.71. The molecule has 3 rings (SSSR count). The Morgan fingerprint density at radius 1 is 0.862 bits per heavy atom. The Labute approximate surface area is 165 Å². The van der Waals surface area contributed by atoms with Crippen molar-refractivity contribution in [3.05, 3.63) is 64.5 Å². The van der Waals surface area contributed by atoms with Gasteiger partial charge in [-0.1, -0.05) is 31.9 Å². The van der Waals surface area contributed by atoms with Crippen molar-refractivity contribution in [3.8, 4) is 5.75 Å². The summed E-state index contributed by atoms with van der Waals surface area (Å²) in [6.07, 6.45) is 6.83. The first-order valence-corrected chi connectivity index (χ1v) is 9.67. The van der Waals surface area contributed by atoms with Crippen molar-refractivity contribution in [3.63, 3.8) is 0 Å². The predicted molar refractivity (Wildman–Crippen MR) is 97.2 cm³/mol. The van der Waals surface area contributed by atoms with Gasteiger partial charge in [0.25, 0.3) is 0 Å². The van der Waals surface area contributed by atoms with Crippen molar-refractivity contribution in [1.29, 1.82) is 0 Å². The average molecular weight is 412 g/mol. The zero-order valence-corrected chi connectivity index (χ0v) is 15.9. The van der Waals surface area contributed by atoms with Gasteiger partial charge in [-0.05, 0) is 55.2 Å². The highest BCUT2D eigenvalue weighted by molar-refractivity contribution is 5.91. The lowest BCUT2D eigenvalue weighted by atomic mass is 9.77. The van der Waals surface area contributed by atoms with Crippen LogP contribution >= 0.6 is 0 Å². The molecule has 0 atom stereocenters. The summed E-state index contributed by atoms with van der Waals surface area (Å²) in [5.74, 6) is -12.7. The molecule has 0 spiro atoms. The van der Waals surface area contributed by atoms with Crippen LogP contribution in [0.15, 0.2) is 24.3 Å². The number of carbonyl (C=O) groups excluding carboxylic acids is 1. The third kappa shape index (κ3) is 4.43. The van der Waals surface area contributed by atoms with Gasteiger partial charge in [-0.15, -0.1) is 0 Å². The summed E-state index contributed by atoms with van der Waals surface area (Å²) in [4.78, 5) is 12.1. The molecule has 2 nitrogen and oxygen atoms in total. The molecule has 0 bridgehead atoms. The molecular weight excluding hydrogens is 391 g/mol. The molecule has 1 saturated carbocycles. The van der Waals surface area contributed by atoms with E-state index in [1.54, 1.807) is 12.1 Å². The molecule has 7 heteroatoms. The number of carbonyl (C=O) groups is 1. The van der Waals surface area contributed by atoms with Gasteiger partial charge in [0.05, 0.1) is 5.56 Å². The average Bonchev–Trinajstić information content (AvgIpc) is 2.75. The molecule has 0 aromatic heterocycles. The second-order valence-electron chi connectivity index (χ2n) is 7.42. The van der Waals surface area contributed by atoms with Crippen LogP contribution in [0.3, 0.4) is 0 Å². The van der Waals surface area contributed by atoms with E-state index >= 15 is 0 Å². The van der Waals surface area contributed by atoms with E-state index in [1.165, 1.54) is 25.0 Å². The van der Waals surface area contributed by atoms with Gasteiger partial charge in [0.1, 0.15) is 0 Å². The highest BCUT2D eigenvalue weighted by atomic mass is 19.2. The van der Waals surface area contributed by atoms with Gasteiger partial charge in [-0.25, -0.2) is 18.0 Å². The molecule has 1 fully saturated rings. The van der Waals surface area contributed by atoms with E-state index in [0.29, 0.717) is 5.92 Å². The number of rotatable bonds is 5. The van der Waals surface area contributed by atoms with E-state index in [1.807, 2.05) is 0 Å². The van der Waals surface area contributed by atoms with Gasteiger partial charge in [-0.3, -0.25) is 0 Å². The second kappa shape index (κ2) is 8.93. The summed E-state index contributed by atoms with van der Waals surface area (Å²) in [5.41, 5.74) is 1.00. The van der Waals surface area contributed by atoms with Crippen molar-refractivity contribution >= 4 is 5.97 Å². The lowest BCUT2D eigenvalue weighted by Gasteiger charge is -2.28. The highest BCUT2D eigenvalue weighted by Crippen LogP contribution is 2.37. The minimum absolute atomic E-state index is 0.0441. The first kappa shape index (κ1) is 21.3. The molecule has 0 N–H and O–H groups in total. The predicted octanol–water partition coefficient (Wildman–Crippen LogP) is 6.68. The summed E-state index contributed by atoms with van der Waals surface area (Å²) in [5, 5.41) is 0. The van der Waals surface area contributed by atoms with Crippen molar-refractivity contribution in [2.24, 2.45) is 5.92 Å². The standard InChI is InChI=1S/C22H21F5O2/c1-2-3-12-4-6-13(7-5-12)14-8-10-15(11-9-14)22(28)29-21-19(26)17(24)16(23)18(25)20(21)27/h8-13H,2-7H2,1H3. The number of hydrogen-bond acceptors (Lipinski definition) is 2. The molecular formula is C22H21F5O2. The Bertz CT molecular complexity index is 858. The molecule has 0 saturated heterocycles. The third-order valence-electron chi connectivity index (χ3n) is 5.53. The molecule has 0 heterocycles. The van der Waals surface area contributed by atoms with Crippen molar-refractivity contribution < 1.29 is 31.5 Å². The van der Waals surface area contributed by atoms with Crippen LogP contribution in [0.2, 0.25) is 0 Å². The number of benzene rings is 2. The fourth-order valence-corrected chi connectivity index (χ4v) is 3.91. The van der Waals surface area contributed by atoms with Crippen LogP contribution in [0.4, 0.5) is 22.0 Å². The summed E-state index contributed by atoms with van der Waals surface area (Å²) in [7, 11) is 0. The minimum atomic E-state index is -2.31. The number of hydrogen-bond donors (Lipinski definition) is 0. The van der Waals surface area contributed by atoms with Crippen LogP contribution in [0.5, 0.6) is 5.75 Å². The first-order chi connectivity index (χ1) is 13.8. The summed E-state index contributed by atoms with van der Waals surface area (Å²) in [6.45, 7) is 2.18. The van der Waals surface area contributed by atoms with Crippen LogP contribution in [0.1, 0.15) is 67.3 Å². The summed E-state index contributed by atoms with van der Waals surface area (Å²) < 4.78 is 71.4. The molecule has 2 aromatic carbocycles. The number of halogens is 5. The van der Waals surface area contributed by atoms with E-state index in [4.69, 9.17) is 0 Å². The zero-order valence-electron chi connectivity index (χ0n) is 15.9. The normalized spacial score (nSPS) is 19.2. The van der Waals surface area contributed by atoms with Crippen LogP contribution in [0, 0.1) is 35.0 Å². The Hall–Kier alpha value is -2.44. The molecule has 0 amide bonds. The maximum absolute atomic E-state index is 13.7. The number of ether oxygens (including phenoxy) is 1. The molecule has 2 aromatic rings. The SMILES string of the molecule is CCCC1CCC(c2ccc(C(=O)Oc3c(F)c(F)c(F)c(F)c3F)cc2)CC1. The third-order valence-corrected chi connectivity index (χ3v) is 5.53. The molecule has 1 aliphatic carbocycles. The van der Waals surface area contributed by atoms with E-state index in [-0.39, 0.29) is 5.56 Å². The Morgan fingerprint density at radius 2 is 1.38 bits per heavy atom. The molecule has 156 valence electrons. The molecule has 0 radical (unpaired) electrons. The molecule has 29 heavy (non-hydrogen) atoms. The van der Waals surface area contributed by atoms with Gasteiger partial charge in [0.15, 0.2) is 0 Å². The monoisotopic (exact) mass is 412 g/mol. The highest BCUT2D eigenvalue weighted by Gasteiger charge is 2.29. The van der Waals surface area contributed by atoms with Crippen molar-refractivity contribution in [2.45, 2.75) is 51.4 Å². The molecule has 0 unspecified atom stereocenters. The van der Waals surface area contributed by atoms with E-state index in [9.17, 15) is 26.7 Å². The zero-order chi connectivity index (χ0) is 21.1. The van der Waals surface area contributed by atoms with Gasteiger partial charge < -0.3 is 4.74 Å².